The molecule has 1 heterocycles. The quantitative estimate of drug-likeness (QED) is 0.326. The van der Waals surface area contributed by atoms with Gasteiger partial charge in [-0.3, -0.25) is 0 Å². The molecule has 0 radical (unpaired) electrons. The number of halogens is 1. The standard InChI is InChI=1S/C25H30ClN3O7S/c1-17(2)12-29(37(32,33)20-7-5-4-6-8-20)25-24(36-23-11-19(34-3)9-10-21(23)26)22(27-16-28-25)15-35-14-18(31)13-30/h4-11,16-18,30-31H,12-15H2,1-3H3. The Hall–Kier alpha value is -2.96. The van der Waals surface area contributed by atoms with E-state index in [4.69, 9.17) is 30.9 Å². The molecule has 37 heavy (non-hydrogen) atoms. The van der Waals surface area contributed by atoms with Gasteiger partial charge in [0, 0.05) is 12.6 Å². The van der Waals surface area contributed by atoms with Gasteiger partial charge in [-0.05, 0) is 30.2 Å². The minimum Gasteiger partial charge on any atom is -0.497 e. The Morgan fingerprint density at radius 1 is 1.11 bits per heavy atom. The summed E-state index contributed by atoms with van der Waals surface area (Å²) in [5.41, 5.74) is 0.214. The fraction of sp³-hybridized carbons (Fsp3) is 0.360. The molecule has 10 nitrogen and oxygen atoms in total. The zero-order chi connectivity index (χ0) is 27.0. The van der Waals surface area contributed by atoms with Crippen molar-refractivity contribution < 1.29 is 32.8 Å². The third-order valence-corrected chi connectivity index (χ3v) is 7.15. The predicted molar refractivity (Wildman–Crippen MR) is 139 cm³/mol. The molecule has 0 aliphatic heterocycles. The van der Waals surface area contributed by atoms with Crippen LogP contribution in [0.1, 0.15) is 19.5 Å². The van der Waals surface area contributed by atoms with Crippen molar-refractivity contribution in [3.63, 3.8) is 0 Å². The Morgan fingerprint density at radius 2 is 1.84 bits per heavy atom. The van der Waals surface area contributed by atoms with Gasteiger partial charge in [0.1, 0.15) is 29.6 Å². The Bertz CT molecular complexity index is 1280. The molecule has 1 atom stereocenters. The molecule has 2 N–H and O–H groups in total. The van der Waals surface area contributed by atoms with Crippen molar-refractivity contribution in [2.75, 3.05) is 31.2 Å². The van der Waals surface area contributed by atoms with Gasteiger partial charge in [0.2, 0.25) is 0 Å². The van der Waals surface area contributed by atoms with E-state index in [2.05, 4.69) is 9.97 Å². The molecule has 1 unspecified atom stereocenters. The molecule has 1 aromatic heterocycles. The van der Waals surface area contributed by atoms with E-state index in [1.165, 1.54) is 29.9 Å². The second-order valence-corrected chi connectivity index (χ2v) is 10.7. The van der Waals surface area contributed by atoms with Gasteiger partial charge in [-0.15, -0.1) is 0 Å². The van der Waals surface area contributed by atoms with Crippen LogP contribution in [0.25, 0.3) is 0 Å². The van der Waals surface area contributed by atoms with Gasteiger partial charge in [-0.1, -0.05) is 43.6 Å². The molecule has 0 amide bonds. The summed E-state index contributed by atoms with van der Waals surface area (Å²) in [6, 6.07) is 12.8. The third kappa shape index (κ3) is 7.30. The van der Waals surface area contributed by atoms with E-state index in [0.29, 0.717) is 5.75 Å². The van der Waals surface area contributed by atoms with Crippen LogP contribution in [0.3, 0.4) is 0 Å². The van der Waals surface area contributed by atoms with Crippen LogP contribution in [-0.2, 0) is 21.4 Å². The highest BCUT2D eigenvalue weighted by Crippen LogP contribution is 2.40. The smallest absolute Gasteiger partial charge is 0.265 e. The molecule has 0 fully saturated rings. The van der Waals surface area contributed by atoms with E-state index in [1.807, 2.05) is 13.8 Å². The molecule has 0 aliphatic carbocycles. The van der Waals surface area contributed by atoms with Crippen molar-refractivity contribution in [2.24, 2.45) is 5.92 Å². The SMILES string of the molecule is COc1ccc(Cl)c(Oc2c(COCC(O)CO)ncnc2N(CC(C)C)S(=O)(=O)c2ccccc2)c1. The summed E-state index contributed by atoms with van der Waals surface area (Å²) < 4.78 is 45.6. The number of methoxy groups -OCH3 is 1. The van der Waals surface area contributed by atoms with E-state index in [9.17, 15) is 13.5 Å². The molecule has 0 spiro atoms. The zero-order valence-corrected chi connectivity index (χ0v) is 22.3. The summed E-state index contributed by atoms with van der Waals surface area (Å²) in [5, 5.41) is 19.0. The van der Waals surface area contributed by atoms with Gasteiger partial charge in [0.05, 0.1) is 36.8 Å². The molecular weight excluding hydrogens is 522 g/mol. The largest absolute Gasteiger partial charge is 0.497 e. The number of hydrogen-bond donors (Lipinski definition) is 2. The highest BCUT2D eigenvalue weighted by Gasteiger charge is 2.31. The molecule has 0 saturated heterocycles. The summed E-state index contributed by atoms with van der Waals surface area (Å²) in [7, 11) is -2.56. The average molecular weight is 552 g/mol. The Balaban J connectivity index is 2.16. The number of nitrogens with zero attached hydrogens (tertiary/aromatic N) is 3. The lowest BCUT2D eigenvalue weighted by Gasteiger charge is -2.27. The highest BCUT2D eigenvalue weighted by atomic mass is 35.5. The lowest BCUT2D eigenvalue weighted by atomic mass is 10.2. The third-order valence-electron chi connectivity index (χ3n) is 5.07. The van der Waals surface area contributed by atoms with Gasteiger partial charge in [-0.25, -0.2) is 22.7 Å². The van der Waals surface area contributed by atoms with E-state index in [0.717, 1.165) is 0 Å². The fourth-order valence-electron chi connectivity index (χ4n) is 3.28. The number of rotatable bonds is 13. The van der Waals surface area contributed by atoms with Crippen molar-refractivity contribution in [3.05, 3.63) is 65.6 Å². The summed E-state index contributed by atoms with van der Waals surface area (Å²) in [6.45, 7) is 3.05. The first-order valence-corrected chi connectivity index (χ1v) is 13.3. The van der Waals surface area contributed by atoms with Crippen LogP contribution in [0.15, 0.2) is 59.8 Å². The Morgan fingerprint density at radius 3 is 2.49 bits per heavy atom. The maximum absolute atomic E-state index is 13.8. The lowest BCUT2D eigenvalue weighted by molar-refractivity contribution is -0.00123. The first kappa shape index (κ1) is 28.6. The van der Waals surface area contributed by atoms with Gasteiger partial charge >= 0.3 is 0 Å². The van der Waals surface area contributed by atoms with Gasteiger partial charge in [0.25, 0.3) is 10.0 Å². The van der Waals surface area contributed by atoms with E-state index >= 15 is 0 Å². The Kier molecular flexibility index (Phi) is 10.1. The summed E-state index contributed by atoms with van der Waals surface area (Å²) >= 11 is 6.38. The topological polar surface area (TPSA) is 131 Å². The van der Waals surface area contributed by atoms with E-state index in [-0.39, 0.29) is 58.6 Å². The second kappa shape index (κ2) is 13.0. The number of sulfonamides is 1. The first-order chi connectivity index (χ1) is 17.7. The molecule has 0 saturated carbocycles. The average Bonchev–Trinajstić information content (AvgIpc) is 2.89. The van der Waals surface area contributed by atoms with Crippen LogP contribution in [0.2, 0.25) is 5.02 Å². The number of anilines is 1. The number of benzene rings is 2. The van der Waals surface area contributed by atoms with Crippen LogP contribution < -0.4 is 13.8 Å². The molecule has 0 aliphatic rings. The van der Waals surface area contributed by atoms with Crippen LogP contribution in [0.4, 0.5) is 5.82 Å². The molecular formula is C25H30ClN3O7S. The number of ether oxygens (including phenoxy) is 3. The first-order valence-electron chi connectivity index (χ1n) is 11.5. The normalized spacial score (nSPS) is 12.4. The minimum atomic E-state index is -4.05. The van der Waals surface area contributed by atoms with Crippen molar-refractivity contribution in [1.82, 2.24) is 9.97 Å². The fourth-order valence-corrected chi connectivity index (χ4v) is 5.04. The Labute approximate surface area is 221 Å². The number of hydrogen-bond acceptors (Lipinski definition) is 9. The summed E-state index contributed by atoms with van der Waals surface area (Å²) in [5.74, 6) is 0.595. The van der Waals surface area contributed by atoms with Crippen LogP contribution in [0.5, 0.6) is 17.2 Å². The molecule has 2 aromatic carbocycles. The molecule has 3 rings (SSSR count). The lowest BCUT2D eigenvalue weighted by Crippen LogP contribution is -2.35. The van der Waals surface area contributed by atoms with Gasteiger partial charge < -0.3 is 24.4 Å². The highest BCUT2D eigenvalue weighted by molar-refractivity contribution is 7.92. The van der Waals surface area contributed by atoms with Gasteiger partial charge in [-0.2, -0.15) is 0 Å². The maximum atomic E-state index is 13.8. The van der Waals surface area contributed by atoms with Crippen LogP contribution in [0, 0.1) is 5.92 Å². The number of aliphatic hydroxyl groups is 2. The predicted octanol–water partition coefficient (Wildman–Crippen LogP) is 3.65. The van der Waals surface area contributed by atoms with Crippen molar-refractivity contribution in [3.8, 4) is 17.2 Å². The van der Waals surface area contributed by atoms with Gasteiger partial charge in [0.15, 0.2) is 11.6 Å². The molecule has 3 aromatic rings. The molecule has 12 heteroatoms. The van der Waals surface area contributed by atoms with Crippen molar-refractivity contribution in [2.45, 2.75) is 31.5 Å². The molecule has 0 bridgehead atoms. The van der Waals surface area contributed by atoms with Crippen molar-refractivity contribution in [1.29, 1.82) is 0 Å². The van der Waals surface area contributed by atoms with Crippen LogP contribution in [-0.4, -0.2) is 61.6 Å². The van der Waals surface area contributed by atoms with E-state index < -0.39 is 22.7 Å². The van der Waals surface area contributed by atoms with Crippen molar-refractivity contribution >= 4 is 27.4 Å². The zero-order valence-electron chi connectivity index (χ0n) is 20.7. The maximum Gasteiger partial charge on any atom is 0.265 e. The monoisotopic (exact) mass is 551 g/mol. The second-order valence-electron chi connectivity index (χ2n) is 8.47. The summed E-state index contributed by atoms with van der Waals surface area (Å²) in [6.07, 6.45) is 0.124. The summed E-state index contributed by atoms with van der Waals surface area (Å²) in [4.78, 5) is 8.64. The minimum absolute atomic E-state index is 0.00672. The number of aliphatic hydroxyl groups excluding tert-OH is 2. The van der Waals surface area contributed by atoms with Crippen LogP contribution >= 0.6 is 11.6 Å². The molecule has 200 valence electrons. The van der Waals surface area contributed by atoms with E-state index in [1.54, 1.807) is 36.4 Å². The number of aromatic nitrogens is 2.